The molecule has 0 fully saturated rings. The molecule has 0 saturated heterocycles. The van der Waals surface area contributed by atoms with Gasteiger partial charge in [0.15, 0.2) is 0 Å². The Morgan fingerprint density at radius 3 is 2.61 bits per heavy atom. The first kappa shape index (κ1) is 15.1. The van der Waals surface area contributed by atoms with Gasteiger partial charge in [-0.05, 0) is 38.1 Å². The molecule has 0 bridgehead atoms. The lowest BCUT2D eigenvalue weighted by atomic mass is 10.1. The summed E-state index contributed by atoms with van der Waals surface area (Å²) in [6.07, 6.45) is 3.23. The molecule has 0 spiro atoms. The van der Waals surface area contributed by atoms with Crippen LogP contribution in [0.3, 0.4) is 0 Å². The van der Waals surface area contributed by atoms with Gasteiger partial charge in [0, 0.05) is 7.05 Å². The van der Waals surface area contributed by atoms with E-state index < -0.39 is 0 Å². The zero-order valence-electron chi connectivity index (χ0n) is 13.4. The van der Waals surface area contributed by atoms with Crippen LogP contribution in [0.15, 0.2) is 59.3 Å². The van der Waals surface area contributed by atoms with Crippen molar-refractivity contribution in [3.05, 3.63) is 71.9 Å². The highest BCUT2D eigenvalue weighted by molar-refractivity contribution is 5.95. The maximum absolute atomic E-state index is 12.8. The average molecular weight is 309 g/mol. The van der Waals surface area contributed by atoms with Crippen molar-refractivity contribution in [3.63, 3.8) is 0 Å². The molecule has 1 aromatic carbocycles. The van der Waals surface area contributed by atoms with Gasteiger partial charge in [0.25, 0.3) is 5.91 Å². The highest BCUT2D eigenvalue weighted by Gasteiger charge is 2.24. The molecule has 0 aliphatic rings. The fourth-order valence-corrected chi connectivity index (χ4v) is 2.53. The number of hydrogen-bond acceptors (Lipinski definition) is 3. The van der Waals surface area contributed by atoms with Crippen LogP contribution in [0.5, 0.6) is 0 Å². The van der Waals surface area contributed by atoms with E-state index in [1.807, 2.05) is 56.3 Å². The lowest BCUT2D eigenvalue weighted by Gasteiger charge is -2.23. The van der Waals surface area contributed by atoms with Crippen LogP contribution < -0.4 is 0 Å². The van der Waals surface area contributed by atoms with Crippen molar-refractivity contribution >= 4 is 5.91 Å². The van der Waals surface area contributed by atoms with Gasteiger partial charge in [0.1, 0.15) is 5.76 Å². The second-order valence-electron chi connectivity index (χ2n) is 5.50. The molecule has 1 atom stereocenters. The Bertz CT molecular complexity index is 791. The summed E-state index contributed by atoms with van der Waals surface area (Å²) in [6, 6.07) is 13.3. The zero-order valence-corrected chi connectivity index (χ0v) is 13.4. The molecule has 0 radical (unpaired) electrons. The quantitative estimate of drug-likeness (QED) is 0.740. The van der Waals surface area contributed by atoms with Gasteiger partial charge in [0.05, 0.1) is 35.4 Å². The molecule has 118 valence electrons. The Labute approximate surface area is 135 Å². The second-order valence-corrected chi connectivity index (χ2v) is 5.50. The molecule has 0 aliphatic heterocycles. The van der Waals surface area contributed by atoms with Crippen LogP contribution in [-0.4, -0.2) is 27.6 Å². The number of carbonyl (C=O) groups is 1. The summed E-state index contributed by atoms with van der Waals surface area (Å²) >= 11 is 0. The highest BCUT2D eigenvalue weighted by atomic mass is 16.3. The van der Waals surface area contributed by atoms with E-state index in [4.69, 9.17) is 4.42 Å². The van der Waals surface area contributed by atoms with Crippen LogP contribution >= 0.6 is 0 Å². The van der Waals surface area contributed by atoms with Crippen LogP contribution in [-0.2, 0) is 0 Å². The zero-order chi connectivity index (χ0) is 16.4. The largest absolute Gasteiger partial charge is 0.467 e. The predicted molar refractivity (Wildman–Crippen MR) is 87.5 cm³/mol. The number of amides is 1. The Balaban J connectivity index is 1.87. The van der Waals surface area contributed by atoms with Crippen LogP contribution in [0, 0.1) is 6.92 Å². The first-order chi connectivity index (χ1) is 11.1. The van der Waals surface area contributed by atoms with Gasteiger partial charge in [-0.15, -0.1) is 0 Å². The Kier molecular flexibility index (Phi) is 4.02. The van der Waals surface area contributed by atoms with E-state index >= 15 is 0 Å². The lowest BCUT2D eigenvalue weighted by Crippen LogP contribution is -2.29. The van der Waals surface area contributed by atoms with Crippen LogP contribution in [0.4, 0.5) is 0 Å². The van der Waals surface area contributed by atoms with Crippen molar-refractivity contribution < 1.29 is 9.21 Å². The third kappa shape index (κ3) is 2.77. The van der Waals surface area contributed by atoms with E-state index in [2.05, 4.69) is 5.10 Å². The molecular formula is C18H19N3O2. The van der Waals surface area contributed by atoms with E-state index in [-0.39, 0.29) is 11.9 Å². The number of carbonyl (C=O) groups excluding carboxylic acids is 1. The van der Waals surface area contributed by atoms with E-state index in [0.717, 1.165) is 17.1 Å². The number of hydrogen-bond donors (Lipinski definition) is 0. The highest BCUT2D eigenvalue weighted by Crippen LogP contribution is 2.22. The minimum atomic E-state index is -0.142. The smallest absolute Gasteiger partial charge is 0.257 e. The molecule has 0 saturated carbocycles. The molecule has 3 rings (SSSR count). The summed E-state index contributed by atoms with van der Waals surface area (Å²) < 4.78 is 7.17. The second kappa shape index (κ2) is 6.12. The number of rotatable bonds is 4. The number of aromatic nitrogens is 2. The third-order valence-electron chi connectivity index (χ3n) is 4.10. The van der Waals surface area contributed by atoms with E-state index in [1.165, 1.54) is 0 Å². The van der Waals surface area contributed by atoms with Gasteiger partial charge in [-0.3, -0.25) is 4.79 Å². The maximum Gasteiger partial charge on any atom is 0.257 e. The summed E-state index contributed by atoms with van der Waals surface area (Å²) in [5.74, 6) is 0.683. The SMILES string of the molecule is Cc1c(C(=O)N(C)C(C)c2ccco2)cnn1-c1ccccc1. The summed E-state index contributed by atoms with van der Waals surface area (Å²) in [7, 11) is 1.77. The van der Waals surface area contributed by atoms with Crippen LogP contribution in [0.2, 0.25) is 0 Å². The van der Waals surface area contributed by atoms with Crippen molar-refractivity contribution in [2.45, 2.75) is 19.9 Å². The monoisotopic (exact) mass is 309 g/mol. The maximum atomic E-state index is 12.8. The Morgan fingerprint density at radius 1 is 1.22 bits per heavy atom. The first-order valence-electron chi connectivity index (χ1n) is 7.50. The summed E-state index contributed by atoms with van der Waals surface area (Å²) in [4.78, 5) is 14.4. The molecule has 1 amide bonds. The molecule has 2 aromatic heterocycles. The molecule has 5 nitrogen and oxygen atoms in total. The van der Waals surface area contributed by atoms with Crippen molar-refractivity contribution in [3.8, 4) is 5.69 Å². The van der Waals surface area contributed by atoms with Crippen LogP contribution in [0.1, 0.15) is 34.8 Å². The normalized spacial score (nSPS) is 12.1. The standard InChI is InChI=1S/C18H19N3O2/c1-13-16(12-19-21(13)15-8-5-4-6-9-15)18(22)20(3)14(2)17-10-7-11-23-17/h4-12,14H,1-3H3. The van der Waals surface area contributed by atoms with E-state index in [9.17, 15) is 4.79 Å². The lowest BCUT2D eigenvalue weighted by molar-refractivity contribution is 0.0725. The Morgan fingerprint density at radius 2 is 1.96 bits per heavy atom. The predicted octanol–water partition coefficient (Wildman–Crippen LogP) is 3.61. The number of nitrogens with zero attached hydrogens (tertiary/aromatic N) is 3. The topological polar surface area (TPSA) is 51.3 Å². The van der Waals surface area contributed by atoms with E-state index in [1.54, 1.807) is 29.1 Å². The van der Waals surface area contributed by atoms with Gasteiger partial charge in [-0.1, -0.05) is 18.2 Å². The molecular weight excluding hydrogens is 290 g/mol. The molecule has 23 heavy (non-hydrogen) atoms. The molecule has 0 aliphatic carbocycles. The van der Waals surface area contributed by atoms with Gasteiger partial charge in [-0.2, -0.15) is 5.10 Å². The molecule has 5 heteroatoms. The number of furan rings is 1. The average Bonchev–Trinajstić information content (AvgIpc) is 3.23. The fraction of sp³-hybridized carbons (Fsp3) is 0.222. The molecule has 3 aromatic rings. The molecule has 0 N–H and O–H groups in total. The van der Waals surface area contributed by atoms with Gasteiger partial charge in [-0.25, -0.2) is 4.68 Å². The van der Waals surface area contributed by atoms with Crippen molar-refractivity contribution in [2.24, 2.45) is 0 Å². The van der Waals surface area contributed by atoms with Crippen LogP contribution in [0.25, 0.3) is 5.69 Å². The summed E-state index contributed by atoms with van der Waals surface area (Å²) in [5, 5.41) is 4.36. The van der Waals surface area contributed by atoms with Gasteiger partial charge in [0.2, 0.25) is 0 Å². The fourth-order valence-electron chi connectivity index (χ4n) is 2.53. The first-order valence-corrected chi connectivity index (χ1v) is 7.50. The van der Waals surface area contributed by atoms with Crippen molar-refractivity contribution in [2.75, 3.05) is 7.05 Å². The molecule has 2 heterocycles. The summed E-state index contributed by atoms with van der Waals surface area (Å²) in [6.45, 7) is 3.84. The Hall–Kier alpha value is -2.82. The number of para-hydroxylation sites is 1. The van der Waals surface area contributed by atoms with Gasteiger partial charge >= 0.3 is 0 Å². The van der Waals surface area contributed by atoms with E-state index in [0.29, 0.717) is 5.56 Å². The number of benzene rings is 1. The summed E-state index contributed by atoms with van der Waals surface area (Å²) in [5.41, 5.74) is 2.35. The minimum Gasteiger partial charge on any atom is -0.467 e. The third-order valence-corrected chi connectivity index (χ3v) is 4.10. The minimum absolute atomic E-state index is 0.0754. The molecule has 1 unspecified atom stereocenters. The van der Waals surface area contributed by atoms with Gasteiger partial charge < -0.3 is 9.32 Å². The van der Waals surface area contributed by atoms with Crippen molar-refractivity contribution in [1.82, 2.24) is 14.7 Å². The van der Waals surface area contributed by atoms with Crippen molar-refractivity contribution in [1.29, 1.82) is 0 Å².